The summed E-state index contributed by atoms with van der Waals surface area (Å²) in [6, 6.07) is 5.45. The van der Waals surface area contributed by atoms with Crippen molar-refractivity contribution in [3.8, 4) is 11.5 Å². The van der Waals surface area contributed by atoms with Gasteiger partial charge in [0.2, 0.25) is 0 Å². The maximum Gasteiger partial charge on any atom is 0.251 e. The maximum atomic E-state index is 12.3. The van der Waals surface area contributed by atoms with Gasteiger partial charge in [-0.05, 0) is 38.5 Å². The highest BCUT2D eigenvalue weighted by Gasteiger charge is 2.17. The Balaban J connectivity index is 2.19. The number of ether oxygens (including phenoxy) is 2. The van der Waals surface area contributed by atoms with Gasteiger partial charge in [0.05, 0.1) is 18.9 Å². The molecule has 0 aliphatic carbocycles. The minimum absolute atomic E-state index is 0.0962. The summed E-state index contributed by atoms with van der Waals surface area (Å²) in [6.07, 6.45) is 0. The summed E-state index contributed by atoms with van der Waals surface area (Å²) in [5.74, 6) is 1.27. The molecule has 114 valence electrons. The van der Waals surface area contributed by atoms with Crippen LogP contribution in [0.1, 0.15) is 20.8 Å². The Bertz CT molecular complexity index is 546. The first-order valence-electron chi connectivity index (χ1n) is 7.26. The van der Waals surface area contributed by atoms with Crippen molar-refractivity contribution >= 4 is 11.6 Å². The van der Waals surface area contributed by atoms with Crippen LogP contribution < -0.4 is 20.1 Å². The molecule has 1 fully saturated rings. The largest absolute Gasteiger partial charge is 0.494 e. The fourth-order valence-corrected chi connectivity index (χ4v) is 2.04. The van der Waals surface area contributed by atoms with Gasteiger partial charge in [0.25, 0.3) is 5.91 Å². The molecule has 0 spiro atoms. The summed E-state index contributed by atoms with van der Waals surface area (Å²) in [5.41, 5.74) is 2.55. The Labute approximate surface area is 125 Å². The van der Waals surface area contributed by atoms with Gasteiger partial charge < -0.3 is 20.1 Å². The van der Waals surface area contributed by atoms with Crippen molar-refractivity contribution in [1.29, 1.82) is 0 Å². The van der Waals surface area contributed by atoms with Gasteiger partial charge in [0, 0.05) is 24.7 Å². The number of amides is 1. The number of anilines is 1. The molecule has 0 atom stereocenters. The van der Waals surface area contributed by atoms with E-state index in [1.165, 1.54) is 0 Å². The van der Waals surface area contributed by atoms with Crippen LogP contribution in [0.3, 0.4) is 0 Å². The summed E-state index contributed by atoms with van der Waals surface area (Å²) in [6.45, 7) is 8.38. The number of carbonyl (C=O) groups is 1. The molecule has 0 saturated carbocycles. The third kappa shape index (κ3) is 3.76. The van der Waals surface area contributed by atoms with E-state index in [-0.39, 0.29) is 5.91 Å². The number of nitrogens with one attached hydrogen (secondary N) is 2. The molecule has 1 saturated heterocycles. The quantitative estimate of drug-likeness (QED) is 0.790. The first-order chi connectivity index (χ1) is 10.2. The Morgan fingerprint density at radius 1 is 1.24 bits per heavy atom. The van der Waals surface area contributed by atoms with Crippen molar-refractivity contribution in [2.75, 3.05) is 31.6 Å². The molecule has 0 bridgehead atoms. The highest BCUT2D eigenvalue weighted by Crippen LogP contribution is 2.30. The molecular weight excluding hydrogens is 268 g/mol. The van der Waals surface area contributed by atoms with Gasteiger partial charge in [-0.3, -0.25) is 4.79 Å². The van der Waals surface area contributed by atoms with Gasteiger partial charge in [-0.1, -0.05) is 0 Å². The molecule has 0 aromatic heterocycles. The van der Waals surface area contributed by atoms with Crippen molar-refractivity contribution < 1.29 is 14.3 Å². The van der Waals surface area contributed by atoms with E-state index in [1.807, 2.05) is 32.9 Å². The highest BCUT2D eigenvalue weighted by molar-refractivity contribution is 6.05. The fourth-order valence-electron chi connectivity index (χ4n) is 2.04. The van der Waals surface area contributed by atoms with E-state index in [2.05, 4.69) is 10.6 Å². The van der Waals surface area contributed by atoms with Crippen molar-refractivity contribution in [2.45, 2.75) is 20.8 Å². The Hall–Kier alpha value is -2.01. The molecule has 21 heavy (non-hydrogen) atoms. The van der Waals surface area contributed by atoms with Gasteiger partial charge in [-0.15, -0.1) is 0 Å². The lowest BCUT2D eigenvalue weighted by Gasteiger charge is -2.22. The highest BCUT2D eigenvalue weighted by atomic mass is 16.5. The molecule has 2 N–H and O–H groups in total. The van der Waals surface area contributed by atoms with Crippen LogP contribution in [0.2, 0.25) is 0 Å². The average Bonchev–Trinajstić information content (AvgIpc) is 2.40. The molecule has 1 heterocycles. The van der Waals surface area contributed by atoms with Crippen molar-refractivity contribution in [2.24, 2.45) is 0 Å². The summed E-state index contributed by atoms with van der Waals surface area (Å²) < 4.78 is 11.0. The molecule has 1 aromatic rings. The lowest BCUT2D eigenvalue weighted by atomic mass is 10.0. The van der Waals surface area contributed by atoms with Crippen LogP contribution in [0.15, 0.2) is 29.3 Å². The zero-order valence-corrected chi connectivity index (χ0v) is 12.8. The Morgan fingerprint density at radius 2 is 1.95 bits per heavy atom. The predicted octanol–water partition coefficient (Wildman–Crippen LogP) is 2.34. The van der Waals surface area contributed by atoms with E-state index in [4.69, 9.17) is 9.47 Å². The van der Waals surface area contributed by atoms with Crippen LogP contribution in [-0.2, 0) is 4.79 Å². The lowest BCUT2D eigenvalue weighted by molar-refractivity contribution is -0.112. The summed E-state index contributed by atoms with van der Waals surface area (Å²) in [4.78, 5) is 12.3. The van der Waals surface area contributed by atoms with E-state index < -0.39 is 0 Å². The first kappa shape index (κ1) is 15.4. The molecule has 5 heteroatoms. The molecule has 0 radical (unpaired) electrons. The van der Waals surface area contributed by atoms with E-state index >= 15 is 0 Å². The van der Waals surface area contributed by atoms with Crippen molar-refractivity contribution in [3.05, 3.63) is 29.3 Å². The summed E-state index contributed by atoms with van der Waals surface area (Å²) in [7, 11) is 0. The summed E-state index contributed by atoms with van der Waals surface area (Å²) in [5, 5.41) is 6.05. The topological polar surface area (TPSA) is 59.6 Å². The zero-order valence-electron chi connectivity index (χ0n) is 12.8. The van der Waals surface area contributed by atoms with Gasteiger partial charge in [-0.25, -0.2) is 0 Å². The molecule has 0 unspecified atom stereocenters. The van der Waals surface area contributed by atoms with Crippen LogP contribution in [0.4, 0.5) is 5.69 Å². The Kier molecular flexibility index (Phi) is 5.22. The van der Waals surface area contributed by atoms with E-state index in [1.54, 1.807) is 6.07 Å². The van der Waals surface area contributed by atoms with E-state index in [0.29, 0.717) is 30.4 Å². The van der Waals surface area contributed by atoms with Crippen LogP contribution in [-0.4, -0.2) is 32.2 Å². The molecule has 1 aliphatic heterocycles. The standard InChI is InChI=1S/C16H22N2O3/c1-4-20-13-6-7-15(21-5-2)14(8-13)18-16(19)11(3)12-9-17-10-12/h6-8,17H,4-5,9-10H2,1-3H3,(H,18,19). The van der Waals surface area contributed by atoms with Crippen molar-refractivity contribution in [3.63, 3.8) is 0 Å². The normalized spacial score (nSPS) is 13.4. The lowest BCUT2D eigenvalue weighted by Crippen LogP contribution is -2.36. The van der Waals surface area contributed by atoms with E-state index in [0.717, 1.165) is 24.2 Å². The molecule has 1 aliphatic rings. The zero-order chi connectivity index (χ0) is 15.2. The van der Waals surface area contributed by atoms with Crippen molar-refractivity contribution in [1.82, 2.24) is 5.32 Å². The fraction of sp³-hybridized carbons (Fsp3) is 0.438. The Morgan fingerprint density at radius 3 is 2.52 bits per heavy atom. The maximum absolute atomic E-state index is 12.3. The van der Waals surface area contributed by atoms with E-state index in [9.17, 15) is 4.79 Å². The molecule has 1 amide bonds. The third-order valence-electron chi connectivity index (χ3n) is 3.36. The average molecular weight is 290 g/mol. The number of hydrogen-bond donors (Lipinski definition) is 2. The van der Waals surface area contributed by atoms with Gasteiger partial charge in [0.15, 0.2) is 0 Å². The number of rotatable bonds is 6. The smallest absolute Gasteiger partial charge is 0.251 e. The molecule has 1 aromatic carbocycles. The second-order valence-corrected chi connectivity index (χ2v) is 4.81. The second-order valence-electron chi connectivity index (χ2n) is 4.81. The third-order valence-corrected chi connectivity index (χ3v) is 3.36. The van der Waals surface area contributed by atoms with Crippen LogP contribution in [0, 0.1) is 0 Å². The number of hydrogen-bond acceptors (Lipinski definition) is 4. The predicted molar refractivity (Wildman–Crippen MR) is 83.0 cm³/mol. The monoisotopic (exact) mass is 290 g/mol. The number of benzene rings is 1. The summed E-state index contributed by atoms with van der Waals surface area (Å²) >= 11 is 0. The SMILES string of the molecule is CCOc1ccc(OCC)c(NC(=O)C(C)=C2CNC2)c1. The van der Waals surface area contributed by atoms with Crippen LogP contribution >= 0.6 is 0 Å². The first-order valence-corrected chi connectivity index (χ1v) is 7.26. The van der Waals surface area contributed by atoms with Gasteiger partial charge in [-0.2, -0.15) is 0 Å². The second kappa shape index (κ2) is 7.13. The van der Waals surface area contributed by atoms with Crippen LogP contribution in [0.5, 0.6) is 11.5 Å². The molecule has 5 nitrogen and oxygen atoms in total. The van der Waals surface area contributed by atoms with Gasteiger partial charge in [0.1, 0.15) is 11.5 Å². The minimum atomic E-state index is -0.0962. The minimum Gasteiger partial charge on any atom is -0.494 e. The van der Waals surface area contributed by atoms with Crippen LogP contribution in [0.25, 0.3) is 0 Å². The number of carbonyl (C=O) groups excluding carboxylic acids is 1. The molecule has 2 rings (SSSR count). The van der Waals surface area contributed by atoms with Gasteiger partial charge >= 0.3 is 0 Å². The molecular formula is C16H22N2O3.